The van der Waals surface area contributed by atoms with Gasteiger partial charge in [0, 0.05) is 54.7 Å². The van der Waals surface area contributed by atoms with Crippen molar-refractivity contribution in [2.45, 2.75) is 74.0 Å². The van der Waals surface area contributed by atoms with Crippen molar-refractivity contribution in [2.24, 2.45) is 11.3 Å². The van der Waals surface area contributed by atoms with E-state index in [0.29, 0.717) is 12.0 Å². The van der Waals surface area contributed by atoms with E-state index in [1.54, 1.807) is 7.11 Å². The van der Waals surface area contributed by atoms with Gasteiger partial charge in [-0.15, -0.1) is 0 Å². The minimum atomic E-state index is -0.351. The van der Waals surface area contributed by atoms with Crippen LogP contribution in [0.3, 0.4) is 0 Å². The molecule has 9 rings (SSSR count). The molecular formula is C31H38N2O3. The third-order valence-corrected chi connectivity index (χ3v) is 11.5. The molecule has 2 spiro atoms. The van der Waals surface area contributed by atoms with Gasteiger partial charge in [0.2, 0.25) is 0 Å². The molecule has 190 valence electrons. The standard InChI is InChI=1S/C31H38N2O3/c1-32-23-7-5-4-6-21(23)22-17-29-12-13-31(22,35-3)28-30(29)14-15-33(18-19-8-9-19)25(29)16-20-10-11-24(34-2)27(36-28)26(20)30/h4-7,10-11,19,22,25,28,32H,8-9,12-18H2,1-3H3/t22-,25-,28-,29-,30+,31-/m1/s1. The Morgan fingerprint density at radius 1 is 1.08 bits per heavy atom. The molecule has 2 aliphatic heterocycles. The first-order valence-corrected chi connectivity index (χ1v) is 14.0. The van der Waals surface area contributed by atoms with Gasteiger partial charge >= 0.3 is 0 Å². The lowest BCUT2D eigenvalue weighted by Gasteiger charge is -2.74. The van der Waals surface area contributed by atoms with Crippen molar-refractivity contribution in [3.63, 3.8) is 0 Å². The topological polar surface area (TPSA) is 43.0 Å². The lowest BCUT2D eigenvalue weighted by molar-refractivity contribution is -0.261. The molecule has 5 nitrogen and oxygen atoms in total. The quantitative estimate of drug-likeness (QED) is 0.613. The first kappa shape index (κ1) is 21.8. The molecule has 7 aliphatic rings. The minimum Gasteiger partial charge on any atom is -0.493 e. The van der Waals surface area contributed by atoms with E-state index in [1.807, 2.05) is 14.2 Å². The van der Waals surface area contributed by atoms with Gasteiger partial charge in [-0.25, -0.2) is 0 Å². The Kier molecular flexibility index (Phi) is 4.36. The highest BCUT2D eigenvalue weighted by atomic mass is 16.6. The van der Waals surface area contributed by atoms with Crippen molar-refractivity contribution in [1.29, 1.82) is 0 Å². The van der Waals surface area contributed by atoms with Gasteiger partial charge in [-0.2, -0.15) is 0 Å². The first-order chi connectivity index (χ1) is 17.6. The summed E-state index contributed by atoms with van der Waals surface area (Å²) < 4.78 is 19.8. The predicted molar refractivity (Wildman–Crippen MR) is 140 cm³/mol. The molecule has 2 aromatic carbocycles. The van der Waals surface area contributed by atoms with Gasteiger partial charge in [0.05, 0.1) is 7.11 Å². The molecule has 0 unspecified atom stereocenters. The summed E-state index contributed by atoms with van der Waals surface area (Å²) in [5.41, 5.74) is 5.44. The van der Waals surface area contributed by atoms with Crippen LogP contribution < -0.4 is 14.8 Å². The number of benzene rings is 2. The maximum Gasteiger partial charge on any atom is 0.165 e. The van der Waals surface area contributed by atoms with E-state index in [4.69, 9.17) is 14.2 Å². The van der Waals surface area contributed by atoms with Crippen LogP contribution >= 0.6 is 0 Å². The summed E-state index contributed by atoms with van der Waals surface area (Å²) in [6.45, 7) is 2.45. The Hall–Kier alpha value is -2.24. The van der Waals surface area contributed by atoms with Crippen LogP contribution in [-0.4, -0.2) is 57.0 Å². The van der Waals surface area contributed by atoms with Gasteiger partial charge in [0.1, 0.15) is 11.7 Å². The molecule has 5 heteroatoms. The van der Waals surface area contributed by atoms with Gasteiger partial charge in [0.25, 0.3) is 0 Å². The number of ether oxygens (including phenoxy) is 3. The van der Waals surface area contributed by atoms with E-state index in [2.05, 4.69) is 46.6 Å². The molecule has 6 atom stereocenters. The number of hydrogen-bond acceptors (Lipinski definition) is 5. The van der Waals surface area contributed by atoms with Gasteiger partial charge < -0.3 is 19.5 Å². The summed E-state index contributed by atoms with van der Waals surface area (Å²) in [7, 11) is 5.77. The van der Waals surface area contributed by atoms with Crippen LogP contribution in [0.25, 0.3) is 0 Å². The number of nitrogens with zero attached hydrogens (tertiary/aromatic N) is 1. The second-order valence-electron chi connectivity index (χ2n) is 12.4. The summed E-state index contributed by atoms with van der Waals surface area (Å²) in [5, 5.41) is 3.50. The second kappa shape index (κ2) is 7.20. The van der Waals surface area contributed by atoms with Gasteiger partial charge in [-0.1, -0.05) is 24.3 Å². The zero-order valence-electron chi connectivity index (χ0n) is 21.8. The lowest BCUT2D eigenvalue weighted by atomic mass is 9.34. The van der Waals surface area contributed by atoms with Crippen molar-refractivity contribution in [3.8, 4) is 11.5 Å². The van der Waals surface area contributed by atoms with Crippen LogP contribution in [0.4, 0.5) is 5.69 Å². The fourth-order valence-electron chi connectivity index (χ4n) is 9.94. The highest BCUT2D eigenvalue weighted by Gasteiger charge is 2.80. The zero-order valence-corrected chi connectivity index (χ0v) is 21.8. The normalized spacial score (nSPS) is 39.5. The number of para-hydroxylation sites is 1. The van der Waals surface area contributed by atoms with Gasteiger partial charge in [-0.05, 0) is 80.7 Å². The maximum absolute atomic E-state index is 7.19. The molecule has 36 heavy (non-hydrogen) atoms. The average Bonchev–Trinajstić information content (AvgIpc) is 3.66. The molecule has 4 bridgehead atoms. The molecule has 5 aliphatic carbocycles. The molecule has 0 amide bonds. The molecule has 1 saturated heterocycles. The number of rotatable bonds is 6. The van der Waals surface area contributed by atoms with Gasteiger partial charge in [-0.3, -0.25) is 4.90 Å². The maximum atomic E-state index is 7.19. The Bertz CT molecular complexity index is 1240. The smallest absolute Gasteiger partial charge is 0.165 e. The van der Waals surface area contributed by atoms with Crippen molar-refractivity contribution >= 4 is 5.69 Å². The van der Waals surface area contributed by atoms with Crippen LogP contribution in [-0.2, 0) is 16.6 Å². The number of nitrogens with one attached hydrogen (secondary N) is 1. The third-order valence-electron chi connectivity index (χ3n) is 11.5. The Morgan fingerprint density at radius 2 is 1.94 bits per heavy atom. The van der Waals surface area contributed by atoms with Crippen molar-refractivity contribution in [2.75, 3.05) is 39.7 Å². The number of anilines is 1. The van der Waals surface area contributed by atoms with Crippen molar-refractivity contribution in [3.05, 3.63) is 53.1 Å². The summed E-state index contributed by atoms with van der Waals surface area (Å²) in [6.07, 6.45) is 8.59. The molecule has 1 N–H and O–H groups in total. The number of fused-ring (bicyclic) bond motifs is 2. The van der Waals surface area contributed by atoms with Gasteiger partial charge in [0.15, 0.2) is 11.5 Å². The Balaban J connectivity index is 1.38. The first-order valence-electron chi connectivity index (χ1n) is 14.0. The second-order valence-corrected chi connectivity index (χ2v) is 12.4. The van der Waals surface area contributed by atoms with Crippen LogP contribution in [0.1, 0.15) is 61.1 Å². The number of methoxy groups -OCH3 is 2. The largest absolute Gasteiger partial charge is 0.493 e. The van der Waals surface area contributed by atoms with Crippen molar-refractivity contribution in [1.82, 2.24) is 4.90 Å². The molecule has 0 radical (unpaired) electrons. The molecule has 2 heterocycles. The molecular weight excluding hydrogens is 448 g/mol. The molecule has 0 aromatic heterocycles. The SMILES string of the molecule is CNc1ccccc1[C@H]1C[C@@]23CC[C@]1(OC)[C@@H]1Oc4c(OC)ccc5c4[C@@]12CCN(CC1CC1)[C@@H]3C5. The van der Waals surface area contributed by atoms with E-state index in [1.165, 1.54) is 67.6 Å². The summed E-state index contributed by atoms with van der Waals surface area (Å²) in [6, 6.07) is 14.0. The lowest BCUT2D eigenvalue weighted by Crippen LogP contribution is -2.80. The van der Waals surface area contributed by atoms with E-state index >= 15 is 0 Å². The minimum absolute atomic E-state index is 0.00845. The fourth-order valence-corrected chi connectivity index (χ4v) is 9.94. The van der Waals surface area contributed by atoms with Crippen LogP contribution in [0.2, 0.25) is 0 Å². The van der Waals surface area contributed by atoms with Crippen LogP contribution in [0.5, 0.6) is 11.5 Å². The highest BCUT2D eigenvalue weighted by molar-refractivity contribution is 5.65. The summed E-state index contributed by atoms with van der Waals surface area (Å²) in [4.78, 5) is 2.91. The monoisotopic (exact) mass is 486 g/mol. The highest BCUT2D eigenvalue weighted by Crippen LogP contribution is 2.78. The average molecular weight is 487 g/mol. The van der Waals surface area contributed by atoms with E-state index in [-0.39, 0.29) is 22.5 Å². The summed E-state index contributed by atoms with van der Waals surface area (Å²) >= 11 is 0. The van der Waals surface area contributed by atoms with E-state index < -0.39 is 0 Å². The Morgan fingerprint density at radius 3 is 2.72 bits per heavy atom. The van der Waals surface area contributed by atoms with Crippen LogP contribution in [0, 0.1) is 11.3 Å². The molecule has 2 aromatic rings. The molecule has 4 saturated carbocycles. The van der Waals surface area contributed by atoms with Crippen molar-refractivity contribution < 1.29 is 14.2 Å². The Labute approximate surface area is 214 Å². The number of hydrogen-bond donors (Lipinski definition) is 1. The number of piperidine rings is 1. The van der Waals surface area contributed by atoms with Crippen LogP contribution in [0.15, 0.2) is 36.4 Å². The molecule has 5 fully saturated rings. The van der Waals surface area contributed by atoms with E-state index in [0.717, 1.165) is 30.3 Å². The van der Waals surface area contributed by atoms with E-state index in [9.17, 15) is 0 Å². The predicted octanol–water partition coefficient (Wildman–Crippen LogP) is 5.13. The summed E-state index contributed by atoms with van der Waals surface area (Å²) in [5.74, 6) is 3.11. The fraction of sp³-hybridized carbons (Fsp3) is 0.613. The third kappa shape index (κ3) is 2.36. The zero-order chi connectivity index (χ0) is 24.3. The number of likely N-dealkylation sites (tertiary alicyclic amines) is 1.